The van der Waals surface area contributed by atoms with Crippen molar-refractivity contribution in [3.63, 3.8) is 0 Å². The third-order valence-electron chi connectivity index (χ3n) is 3.09. The van der Waals surface area contributed by atoms with E-state index in [1.807, 2.05) is 0 Å². The fourth-order valence-corrected chi connectivity index (χ4v) is 3.39. The lowest BCUT2D eigenvalue weighted by Gasteiger charge is -2.11. The molecule has 1 fully saturated rings. The van der Waals surface area contributed by atoms with Crippen molar-refractivity contribution in [2.75, 3.05) is 6.61 Å². The molecule has 1 saturated carbocycles. The molecule has 1 atom stereocenters. The number of hydrogen-bond donors (Lipinski definition) is 2. The molecule has 0 bridgehead atoms. The Hall–Kier alpha value is -0.0200. The van der Waals surface area contributed by atoms with Gasteiger partial charge in [0.05, 0.1) is 0 Å². The van der Waals surface area contributed by atoms with Crippen LogP contribution in [-0.4, -0.2) is 12.3 Å². The SMILES string of the molecule is CCCCCCO[P+](=O)C1CCCCC1.N.N. The van der Waals surface area contributed by atoms with Gasteiger partial charge in [-0.2, -0.15) is 0 Å². The van der Waals surface area contributed by atoms with Crippen molar-refractivity contribution in [2.24, 2.45) is 0 Å². The summed E-state index contributed by atoms with van der Waals surface area (Å²) in [5, 5.41) is 0. The number of hydrogen-bond acceptors (Lipinski definition) is 4. The molecule has 6 N–H and O–H groups in total. The molecular formula is C12H30N2O2P+. The van der Waals surface area contributed by atoms with Crippen LogP contribution in [0.2, 0.25) is 0 Å². The number of rotatable bonds is 7. The maximum Gasteiger partial charge on any atom is 0.511 e. The van der Waals surface area contributed by atoms with Crippen molar-refractivity contribution in [1.29, 1.82) is 0 Å². The van der Waals surface area contributed by atoms with Crippen LogP contribution in [0.15, 0.2) is 0 Å². The Morgan fingerprint density at radius 2 is 1.71 bits per heavy atom. The molecule has 0 aromatic rings. The van der Waals surface area contributed by atoms with Crippen LogP contribution >= 0.6 is 8.03 Å². The molecule has 1 aliphatic rings. The Kier molecular flexibility index (Phi) is 14.1. The number of unbranched alkanes of at least 4 members (excludes halogenated alkanes) is 3. The molecule has 0 saturated heterocycles. The first-order valence-corrected chi connectivity index (χ1v) is 7.68. The molecule has 0 heterocycles. The summed E-state index contributed by atoms with van der Waals surface area (Å²) < 4.78 is 17.2. The summed E-state index contributed by atoms with van der Waals surface area (Å²) in [6.07, 6.45) is 10.8. The van der Waals surface area contributed by atoms with Crippen molar-refractivity contribution in [3.05, 3.63) is 0 Å². The second-order valence-corrected chi connectivity index (χ2v) is 6.03. The molecular weight excluding hydrogens is 235 g/mol. The fraction of sp³-hybridized carbons (Fsp3) is 1.00. The largest absolute Gasteiger partial charge is 0.511 e. The molecule has 1 aliphatic carbocycles. The Morgan fingerprint density at radius 1 is 1.06 bits per heavy atom. The Labute approximate surface area is 107 Å². The smallest absolute Gasteiger partial charge is 0.344 e. The lowest BCUT2D eigenvalue weighted by Crippen LogP contribution is -2.09. The highest BCUT2D eigenvalue weighted by molar-refractivity contribution is 7.40. The first kappa shape index (κ1) is 19.3. The van der Waals surface area contributed by atoms with Gasteiger partial charge in [-0.15, -0.1) is 4.52 Å². The van der Waals surface area contributed by atoms with Gasteiger partial charge in [-0.25, -0.2) is 0 Å². The molecule has 0 aliphatic heterocycles. The molecule has 1 rings (SSSR count). The van der Waals surface area contributed by atoms with Crippen LogP contribution in [0, 0.1) is 0 Å². The Balaban J connectivity index is 0. The zero-order valence-electron chi connectivity index (χ0n) is 11.3. The maximum absolute atomic E-state index is 11.8. The zero-order chi connectivity index (χ0) is 10.9. The Bertz CT molecular complexity index is 185. The molecule has 5 heteroatoms. The molecule has 4 nitrogen and oxygen atoms in total. The summed E-state index contributed by atoms with van der Waals surface area (Å²) >= 11 is 0. The highest BCUT2D eigenvalue weighted by Gasteiger charge is 2.33. The van der Waals surface area contributed by atoms with Crippen LogP contribution in [0.1, 0.15) is 64.7 Å². The predicted octanol–water partition coefficient (Wildman–Crippen LogP) is 4.98. The van der Waals surface area contributed by atoms with Crippen LogP contribution in [0.3, 0.4) is 0 Å². The lowest BCUT2D eigenvalue weighted by atomic mass is 10.0. The van der Waals surface area contributed by atoms with E-state index in [1.165, 1.54) is 38.5 Å². The average Bonchev–Trinajstić information content (AvgIpc) is 2.30. The zero-order valence-corrected chi connectivity index (χ0v) is 12.2. The van der Waals surface area contributed by atoms with E-state index in [2.05, 4.69) is 6.92 Å². The lowest BCUT2D eigenvalue weighted by molar-refractivity contribution is 0.304. The second-order valence-electron chi connectivity index (χ2n) is 4.47. The van der Waals surface area contributed by atoms with Crippen LogP contribution < -0.4 is 12.3 Å². The maximum atomic E-state index is 11.8. The predicted molar refractivity (Wildman–Crippen MR) is 74.6 cm³/mol. The fourth-order valence-electron chi connectivity index (χ4n) is 2.08. The van der Waals surface area contributed by atoms with Gasteiger partial charge in [-0.1, -0.05) is 32.6 Å². The monoisotopic (exact) mass is 265 g/mol. The summed E-state index contributed by atoms with van der Waals surface area (Å²) in [5.74, 6) is 0. The van der Waals surface area contributed by atoms with Crippen molar-refractivity contribution in [3.8, 4) is 0 Å². The average molecular weight is 265 g/mol. The van der Waals surface area contributed by atoms with Gasteiger partial charge in [0.25, 0.3) is 0 Å². The van der Waals surface area contributed by atoms with Crippen molar-refractivity contribution in [2.45, 2.75) is 70.4 Å². The van der Waals surface area contributed by atoms with Gasteiger partial charge in [0.1, 0.15) is 6.61 Å². The minimum Gasteiger partial charge on any atom is -0.344 e. The highest BCUT2D eigenvalue weighted by Crippen LogP contribution is 2.39. The minimum atomic E-state index is -1.37. The first-order valence-electron chi connectivity index (χ1n) is 6.44. The third-order valence-corrected chi connectivity index (χ3v) is 4.64. The molecule has 0 aromatic carbocycles. The first-order chi connectivity index (χ1) is 7.34. The van der Waals surface area contributed by atoms with Gasteiger partial charge in [-0.05, 0) is 36.7 Å². The summed E-state index contributed by atoms with van der Waals surface area (Å²) in [5.41, 5.74) is 0.361. The van der Waals surface area contributed by atoms with E-state index >= 15 is 0 Å². The van der Waals surface area contributed by atoms with Crippen LogP contribution in [0.5, 0.6) is 0 Å². The molecule has 0 spiro atoms. The molecule has 0 amide bonds. The van der Waals surface area contributed by atoms with E-state index in [4.69, 9.17) is 4.52 Å². The van der Waals surface area contributed by atoms with E-state index in [0.29, 0.717) is 12.3 Å². The summed E-state index contributed by atoms with van der Waals surface area (Å²) in [7, 11) is -1.37. The van der Waals surface area contributed by atoms with Gasteiger partial charge in [0.2, 0.25) is 0 Å². The van der Waals surface area contributed by atoms with Crippen molar-refractivity contribution >= 4 is 8.03 Å². The van der Waals surface area contributed by atoms with Crippen LogP contribution in [-0.2, 0) is 9.09 Å². The normalized spacial score (nSPS) is 16.9. The standard InChI is InChI=1S/C12H24O2P.2H3N/c1-2-3-4-8-11-14-15(13)12-9-6-5-7-10-12;;/h12H,2-11H2,1H3;2*1H3/q+1;;. The Morgan fingerprint density at radius 3 is 2.29 bits per heavy atom. The summed E-state index contributed by atoms with van der Waals surface area (Å²) in [6, 6.07) is 0. The van der Waals surface area contributed by atoms with E-state index in [0.717, 1.165) is 19.3 Å². The van der Waals surface area contributed by atoms with Gasteiger partial charge in [-0.3, -0.25) is 0 Å². The van der Waals surface area contributed by atoms with Gasteiger partial charge in [0, 0.05) is 0 Å². The quantitative estimate of drug-likeness (QED) is 0.501. The van der Waals surface area contributed by atoms with Crippen LogP contribution in [0.4, 0.5) is 0 Å². The summed E-state index contributed by atoms with van der Waals surface area (Å²) in [4.78, 5) is 0. The molecule has 17 heavy (non-hydrogen) atoms. The molecule has 0 aromatic heterocycles. The molecule has 104 valence electrons. The second kappa shape index (κ2) is 12.4. The van der Waals surface area contributed by atoms with Gasteiger partial charge >= 0.3 is 8.03 Å². The minimum absolute atomic E-state index is 0. The van der Waals surface area contributed by atoms with Crippen LogP contribution in [0.25, 0.3) is 0 Å². The van der Waals surface area contributed by atoms with E-state index in [1.54, 1.807) is 0 Å². The van der Waals surface area contributed by atoms with Crippen molar-refractivity contribution in [1.82, 2.24) is 12.3 Å². The topological polar surface area (TPSA) is 96.3 Å². The van der Waals surface area contributed by atoms with Gasteiger partial charge < -0.3 is 12.3 Å². The highest BCUT2D eigenvalue weighted by atomic mass is 31.1. The molecule has 0 radical (unpaired) electrons. The van der Waals surface area contributed by atoms with Crippen molar-refractivity contribution < 1.29 is 9.09 Å². The van der Waals surface area contributed by atoms with E-state index < -0.39 is 8.03 Å². The van der Waals surface area contributed by atoms with E-state index in [-0.39, 0.29) is 12.3 Å². The summed E-state index contributed by atoms with van der Waals surface area (Å²) in [6.45, 7) is 2.90. The van der Waals surface area contributed by atoms with Gasteiger partial charge in [0.15, 0.2) is 5.66 Å². The van der Waals surface area contributed by atoms with E-state index in [9.17, 15) is 4.57 Å². The molecule has 1 unspecified atom stereocenters. The third kappa shape index (κ3) is 8.67.